The van der Waals surface area contributed by atoms with Crippen LogP contribution < -0.4 is 20.5 Å². The van der Waals surface area contributed by atoms with Crippen molar-refractivity contribution in [2.45, 2.75) is 12.5 Å². The summed E-state index contributed by atoms with van der Waals surface area (Å²) in [6, 6.07) is 5.17. The molecule has 3 N–H and O–H groups in total. The van der Waals surface area contributed by atoms with Gasteiger partial charge in [0.05, 0.1) is 32.4 Å². The van der Waals surface area contributed by atoms with Gasteiger partial charge < -0.3 is 25.3 Å². The predicted octanol–water partition coefficient (Wildman–Crippen LogP) is 1.01. The smallest absolute Gasteiger partial charge is 0.227 e. The van der Waals surface area contributed by atoms with Crippen LogP contribution in [0, 0.1) is 0 Å². The summed E-state index contributed by atoms with van der Waals surface area (Å²) in [5.74, 6) is 1.02. The molecular weight excluding hydrogens is 248 g/mol. The summed E-state index contributed by atoms with van der Waals surface area (Å²) in [7, 11) is 4.62. The number of amides is 1. The van der Waals surface area contributed by atoms with E-state index in [9.17, 15) is 4.79 Å². The van der Waals surface area contributed by atoms with Gasteiger partial charge in [0, 0.05) is 19.7 Å². The highest BCUT2D eigenvalue weighted by Crippen LogP contribution is 2.29. The zero-order chi connectivity index (χ0) is 14.3. The van der Waals surface area contributed by atoms with Crippen LogP contribution in [0.4, 0.5) is 5.69 Å². The van der Waals surface area contributed by atoms with Crippen molar-refractivity contribution >= 4 is 11.6 Å². The molecule has 0 saturated heterocycles. The van der Waals surface area contributed by atoms with Crippen molar-refractivity contribution in [1.29, 1.82) is 0 Å². The number of ether oxygens (including phenoxy) is 3. The van der Waals surface area contributed by atoms with Crippen LogP contribution in [0.15, 0.2) is 18.2 Å². The maximum absolute atomic E-state index is 11.8. The van der Waals surface area contributed by atoms with E-state index in [1.54, 1.807) is 25.3 Å². The van der Waals surface area contributed by atoms with Gasteiger partial charge in [-0.1, -0.05) is 0 Å². The van der Waals surface area contributed by atoms with E-state index < -0.39 is 0 Å². The summed E-state index contributed by atoms with van der Waals surface area (Å²) in [6.45, 7) is 0.295. The molecule has 1 unspecified atom stereocenters. The molecule has 0 spiro atoms. The van der Waals surface area contributed by atoms with Crippen molar-refractivity contribution in [1.82, 2.24) is 0 Å². The third kappa shape index (κ3) is 4.42. The zero-order valence-corrected chi connectivity index (χ0v) is 11.4. The van der Waals surface area contributed by atoms with Crippen LogP contribution >= 0.6 is 0 Å². The second-order valence-corrected chi connectivity index (χ2v) is 3.91. The van der Waals surface area contributed by atoms with Gasteiger partial charge in [-0.2, -0.15) is 0 Å². The average Bonchev–Trinajstić information content (AvgIpc) is 2.45. The first-order valence-corrected chi connectivity index (χ1v) is 5.89. The molecule has 0 aliphatic carbocycles. The van der Waals surface area contributed by atoms with Crippen molar-refractivity contribution in [3.8, 4) is 11.5 Å². The van der Waals surface area contributed by atoms with E-state index in [1.165, 1.54) is 14.2 Å². The van der Waals surface area contributed by atoms with E-state index in [4.69, 9.17) is 19.9 Å². The SMILES string of the molecule is COc1ccc(NC(=O)CC(CN)OC)c(OC)c1. The maximum atomic E-state index is 11.8. The number of carbonyl (C=O) groups excluding carboxylic acids is 1. The number of methoxy groups -OCH3 is 3. The molecule has 0 aliphatic heterocycles. The van der Waals surface area contributed by atoms with Crippen LogP contribution in [-0.4, -0.2) is 39.9 Å². The zero-order valence-electron chi connectivity index (χ0n) is 11.4. The molecular formula is C13H20N2O4. The van der Waals surface area contributed by atoms with Crippen LogP contribution in [0.2, 0.25) is 0 Å². The molecule has 1 amide bonds. The molecule has 1 aromatic carbocycles. The highest BCUT2D eigenvalue weighted by molar-refractivity contribution is 5.92. The Morgan fingerprint density at radius 3 is 2.58 bits per heavy atom. The summed E-state index contributed by atoms with van der Waals surface area (Å²) in [5.41, 5.74) is 6.06. The van der Waals surface area contributed by atoms with E-state index in [1.807, 2.05) is 0 Å². The molecule has 0 saturated carbocycles. The van der Waals surface area contributed by atoms with Crippen LogP contribution in [0.25, 0.3) is 0 Å². The minimum absolute atomic E-state index is 0.180. The fraction of sp³-hybridized carbons (Fsp3) is 0.462. The Morgan fingerprint density at radius 2 is 2.05 bits per heavy atom. The molecule has 0 fully saturated rings. The molecule has 1 aromatic rings. The summed E-state index contributed by atoms with van der Waals surface area (Å²) in [5, 5.41) is 2.76. The summed E-state index contributed by atoms with van der Waals surface area (Å²) in [6.07, 6.45) is -0.0911. The van der Waals surface area contributed by atoms with Crippen molar-refractivity contribution in [3.05, 3.63) is 18.2 Å². The molecule has 0 heterocycles. The third-order valence-electron chi connectivity index (χ3n) is 2.69. The van der Waals surface area contributed by atoms with Gasteiger partial charge in [0.15, 0.2) is 0 Å². The van der Waals surface area contributed by atoms with Crippen molar-refractivity contribution in [2.24, 2.45) is 5.73 Å². The minimum atomic E-state index is -0.288. The number of rotatable bonds is 7. The lowest BCUT2D eigenvalue weighted by atomic mass is 10.2. The molecule has 6 nitrogen and oxygen atoms in total. The fourth-order valence-electron chi connectivity index (χ4n) is 1.57. The standard InChI is InChI=1S/C13H20N2O4/c1-17-9-4-5-11(12(6-9)19-3)15-13(16)7-10(8-14)18-2/h4-6,10H,7-8,14H2,1-3H3,(H,15,16). The summed E-state index contributed by atoms with van der Waals surface area (Å²) < 4.78 is 15.3. The van der Waals surface area contributed by atoms with Crippen LogP contribution in [0.3, 0.4) is 0 Å². The van der Waals surface area contributed by atoms with E-state index in [-0.39, 0.29) is 18.4 Å². The Kier molecular flexibility index (Phi) is 6.11. The number of hydrogen-bond donors (Lipinski definition) is 2. The Balaban J connectivity index is 2.73. The van der Waals surface area contributed by atoms with Gasteiger partial charge in [-0.15, -0.1) is 0 Å². The number of nitrogens with one attached hydrogen (secondary N) is 1. The largest absolute Gasteiger partial charge is 0.497 e. The van der Waals surface area contributed by atoms with Gasteiger partial charge in [-0.05, 0) is 12.1 Å². The van der Waals surface area contributed by atoms with Gasteiger partial charge in [-0.25, -0.2) is 0 Å². The molecule has 0 aromatic heterocycles. The van der Waals surface area contributed by atoms with Gasteiger partial charge in [0.2, 0.25) is 5.91 Å². The topological polar surface area (TPSA) is 82.8 Å². The Hall–Kier alpha value is -1.79. The number of benzene rings is 1. The summed E-state index contributed by atoms with van der Waals surface area (Å²) in [4.78, 5) is 11.8. The second-order valence-electron chi connectivity index (χ2n) is 3.91. The van der Waals surface area contributed by atoms with Crippen molar-refractivity contribution < 1.29 is 19.0 Å². The molecule has 0 aliphatic rings. The molecule has 0 bridgehead atoms. The van der Waals surface area contributed by atoms with Gasteiger partial charge in [0.1, 0.15) is 11.5 Å². The molecule has 0 radical (unpaired) electrons. The number of carbonyl (C=O) groups is 1. The summed E-state index contributed by atoms with van der Waals surface area (Å²) >= 11 is 0. The Bertz CT molecular complexity index is 419. The lowest BCUT2D eigenvalue weighted by molar-refractivity contribution is -0.118. The van der Waals surface area contributed by atoms with Crippen LogP contribution in [0.1, 0.15) is 6.42 Å². The molecule has 106 valence electrons. The quantitative estimate of drug-likeness (QED) is 0.771. The lowest BCUT2D eigenvalue weighted by Crippen LogP contribution is -2.28. The molecule has 1 rings (SSSR count). The lowest BCUT2D eigenvalue weighted by Gasteiger charge is -2.14. The van der Waals surface area contributed by atoms with Gasteiger partial charge >= 0.3 is 0 Å². The van der Waals surface area contributed by atoms with Crippen LogP contribution in [0.5, 0.6) is 11.5 Å². The van der Waals surface area contributed by atoms with E-state index >= 15 is 0 Å². The molecule has 1 atom stereocenters. The van der Waals surface area contributed by atoms with Gasteiger partial charge in [0.25, 0.3) is 0 Å². The van der Waals surface area contributed by atoms with Gasteiger partial charge in [-0.3, -0.25) is 4.79 Å². The van der Waals surface area contributed by atoms with Crippen molar-refractivity contribution in [3.63, 3.8) is 0 Å². The number of anilines is 1. The number of hydrogen-bond acceptors (Lipinski definition) is 5. The fourth-order valence-corrected chi connectivity index (χ4v) is 1.57. The maximum Gasteiger partial charge on any atom is 0.227 e. The Morgan fingerprint density at radius 1 is 1.32 bits per heavy atom. The third-order valence-corrected chi connectivity index (χ3v) is 2.69. The normalized spacial score (nSPS) is 11.8. The molecule has 19 heavy (non-hydrogen) atoms. The average molecular weight is 268 g/mol. The first-order chi connectivity index (χ1) is 9.14. The minimum Gasteiger partial charge on any atom is -0.497 e. The van der Waals surface area contributed by atoms with E-state index in [0.29, 0.717) is 23.7 Å². The monoisotopic (exact) mass is 268 g/mol. The highest BCUT2D eigenvalue weighted by Gasteiger charge is 2.13. The predicted molar refractivity (Wildman–Crippen MR) is 72.6 cm³/mol. The molecule has 6 heteroatoms. The first-order valence-electron chi connectivity index (χ1n) is 5.89. The highest BCUT2D eigenvalue weighted by atomic mass is 16.5. The number of nitrogens with two attached hydrogens (primary N) is 1. The van der Waals surface area contributed by atoms with E-state index in [2.05, 4.69) is 5.32 Å². The first kappa shape index (κ1) is 15.3. The van der Waals surface area contributed by atoms with Crippen LogP contribution in [-0.2, 0) is 9.53 Å². The van der Waals surface area contributed by atoms with E-state index in [0.717, 1.165) is 0 Å². The second kappa shape index (κ2) is 7.60. The van der Waals surface area contributed by atoms with Crippen molar-refractivity contribution in [2.75, 3.05) is 33.2 Å². The Labute approximate surface area is 112 Å².